The third kappa shape index (κ3) is 4.10. The first-order valence-corrected chi connectivity index (χ1v) is 9.94. The minimum Gasteiger partial charge on any atom is -0.497 e. The molecule has 7 nitrogen and oxygen atoms in total. The summed E-state index contributed by atoms with van der Waals surface area (Å²) in [5.74, 6) is 1.25. The van der Waals surface area contributed by atoms with Crippen LogP contribution in [0.4, 0.5) is 5.69 Å². The maximum Gasteiger partial charge on any atom is 0.254 e. The quantitative estimate of drug-likeness (QED) is 0.625. The van der Waals surface area contributed by atoms with Gasteiger partial charge in [-0.25, -0.2) is 4.98 Å². The van der Waals surface area contributed by atoms with Gasteiger partial charge < -0.3 is 19.4 Å². The number of thioether (sulfide) groups is 1. The highest BCUT2D eigenvalue weighted by atomic mass is 32.2. The zero-order chi connectivity index (χ0) is 19.6. The first-order chi connectivity index (χ1) is 12.9. The zero-order valence-corrected chi connectivity index (χ0v) is 16.7. The van der Waals surface area contributed by atoms with Crippen LogP contribution >= 0.6 is 11.8 Å². The minimum absolute atomic E-state index is 0.0626. The number of rotatable bonds is 5. The summed E-state index contributed by atoms with van der Waals surface area (Å²) < 4.78 is 11.1. The van der Waals surface area contributed by atoms with Crippen molar-refractivity contribution in [2.75, 3.05) is 24.8 Å². The van der Waals surface area contributed by atoms with Crippen molar-refractivity contribution >= 4 is 23.4 Å². The number of methoxy groups -OCH3 is 1. The Morgan fingerprint density at radius 3 is 2.93 bits per heavy atom. The number of nitrogens with one attached hydrogen (secondary N) is 1. The SMILES string of the molecule is COc1ccc2c(c1)N(C(=O)CCc1c(C)nc(SC)[nH]c1=O)C[C@@H](C)O2. The number of nitrogens with zero attached hydrogens (tertiary/aromatic N) is 2. The average Bonchev–Trinajstić information content (AvgIpc) is 2.65. The number of hydrogen-bond acceptors (Lipinski definition) is 6. The van der Waals surface area contributed by atoms with Crippen molar-refractivity contribution in [1.29, 1.82) is 0 Å². The summed E-state index contributed by atoms with van der Waals surface area (Å²) in [5.41, 5.74) is 1.72. The number of fused-ring (bicyclic) bond motifs is 1. The lowest BCUT2D eigenvalue weighted by Crippen LogP contribution is -2.42. The van der Waals surface area contributed by atoms with Gasteiger partial charge in [0.25, 0.3) is 5.56 Å². The number of H-pyrrole nitrogens is 1. The predicted molar refractivity (Wildman–Crippen MR) is 105 cm³/mol. The van der Waals surface area contributed by atoms with E-state index in [0.29, 0.717) is 46.6 Å². The number of ether oxygens (including phenoxy) is 2. The summed E-state index contributed by atoms with van der Waals surface area (Å²) in [6.45, 7) is 4.18. The molecule has 1 amide bonds. The number of anilines is 1. The van der Waals surface area contributed by atoms with Crippen LogP contribution in [0.5, 0.6) is 11.5 Å². The van der Waals surface area contributed by atoms with Gasteiger partial charge >= 0.3 is 0 Å². The van der Waals surface area contributed by atoms with Crippen LogP contribution in [0.2, 0.25) is 0 Å². The van der Waals surface area contributed by atoms with Gasteiger partial charge in [-0.3, -0.25) is 9.59 Å². The van der Waals surface area contributed by atoms with Crippen LogP contribution in [0.25, 0.3) is 0 Å². The number of benzene rings is 1. The monoisotopic (exact) mass is 389 g/mol. The van der Waals surface area contributed by atoms with Crippen molar-refractivity contribution in [3.63, 3.8) is 0 Å². The molecular formula is C19H23N3O4S. The number of aromatic nitrogens is 2. The summed E-state index contributed by atoms with van der Waals surface area (Å²) in [6.07, 6.45) is 2.30. The fourth-order valence-corrected chi connectivity index (χ4v) is 3.55. The van der Waals surface area contributed by atoms with Gasteiger partial charge in [0.2, 0.25) is 5.91 Å². The van der Waals surface area contributed by atoms with Crippen molar-refractivity contribution < 1.29 is 14.3 Å². The summed E-state index contributed by atoms with van der Waals surface area (Å²) in [7, 11) is 1.58. The molecule has 8 heteroatoms. The highest BCUT2D eigenvalue weighted by Gasteiger charge is 2.28. The average molecular weight is 389 g/mol. The highest BCUT2D eigenvalue weighted by molar-refractivity contribution is 7.98. The van der Waals surface area contributed by atoms with E-state index in [1.165, 1.54) is 11.8 Å². The minimum atomic E-state index is -0.183. The van der Waals surface area contributed by atoms with Gasteiger partial charge in [-0.2, -0.15) is 0 Å². The lowest BCUT2D eigenvalue weighted by Gasteiger charge is -2.33. The number of amides is 1. The van der Waals surface area contributed by atoms with Gasteiger partial charge in [0.1, 0.15) is 17.6 Å². The Hall–Kier alpha value is -2.48. The fourth-order valence-electron chi connectivity index (χ4n) is 3.12. The first kappa shape index (κ1) is 19.3. The van der Waals surface area contributed by atoms with Crippen LogP contribution in [0, 0.1) is 6.92 Å². The van der Waals surface area contributed by atoms with Crippen LogP contribution in [0.3, 0.4) is 0 Å². The topological polar surface area (TPSA) is 84.5 Å². The Balaban J connectivity index is 1.80. The Bertz CT molecular complexity index is 912. The molecule has 0 radical (unpaired) electrons. The molecular weight excluding hydrogens is 366 g/mol. The van der Waals surface area contributed by atoms with Crippen LogP contribution < -0.4 is 19.9 Å². The molecule has 0 unspecified atom stereocenters. The number of carbonyl (C=O) groups is 1. The highest BCUT2D eigenvalue weighted by Crippen LogP contribution is 2.36. The predicted octanol–water partition coefficient (Wildman–Crippen LogP) is 2.56. The van der Waals surface area contributed by atoms with Gasteiger partial charge in [0.05, 0.1) is 19.3 Å². The molecule has 0 aliphatic carbocycles. The number of aryl methyl sites for hydroxylation is 1. The molecule has 0 saturated heterocycles. The molecule has 2 heterocycles. The molecule has 1 aromatic heterocycles. The molecule has 2 aromatic rings. The van der Waals surface area contributed by atoms with Crippen LogP contribution in [-0.4, -0.2) is 41.9 Å². The summed E-state index contributed by atoms with van der Waals surface area (Å²) in [6, 6.07) is 5.41. The zero-order valence-electron chi connectivity index (χ0n) is 15.9. The van der Waals surface area contributed by atoms with Gasteiger partial charge in [0.15, 0.2) is 5.16 Å². The lowest BCUT2D eigenvalue weighted by atomic mass is 10.1. The van der Waals surface area contributed by atoms with E-state index in [0.717, 1.165) is 0 Å². The van der Waals surface area contributed by atoms with Crippen molar-refractivity contribution in [2.45, 2.75) is 37.9 Å². The Morgan fingerprint density at radius 2 is 2.26 bits per heavy atom. The second-order valence-electron chi connectivity index (χ2n) is 6.41. The van der Waals surface area contributed by atoms with E-state index in [-0.39, 0.29) is 24.0 Å². The van der Waals surface area contributed by atoms with Crippen molar-refractivity contribution in [2.24, 2.45) is 0 Å². The number of aromatic amines is 1. The van der Waals surface area contributed by atoms with E-state index in [2.05, 4.69) is 9.97 Å². The van der Waals surface area contributed by atoms with Crippen LogP contribution in [0.15, 0.2) is 28.2 Å². The Labute approximate surface area is 162 Å². The van der Waals surface area contributed by atoms with E-state index in [4.69, 9.17) is 9.47 Å². The van der Waals surface area contributed by atoms with E-state index < -0.39 is 0 Å². The fraction of sp³-hybridized carbons (Fsp3) is 0.421. The molecule has 0 saturated carbocycles. The Morgan fingerprint density at radius 1 is 1.48 bits per heavy atom. The molecule has 1 aliphatic rings. The Kier molecular flexibility index (Phi) is 5.74. The smallest absolute Gasteiger partial charge is 0.254 e. The summed E-state index contributed by atoms with van der Waals surface area (Å²) in [5, 5.41) is 0.579. The molecule has 27 heavy (non-hydrogen) atoms. The molecule has 1 aliphatic heterocycles. The molecule has 1 atom stereocenters. The molecule has 1 aromatic carbocycles. The van der Waals surface area contributed by atoms with Crippen LogP contribution in [-0.2, 0) is 11.2 Å². The number of carbonyl (C=O) groups excluding carboxylic acids is 1. The summed E-state index contributed by atoms with van der Waals surface area (Å²) in [4.78, 5) is 34.0. The van der Waals surface area contributed by atoms with E-state index in [9.17, 15) is 9.59 Å². The van der Waals surface area contributed by atoms with Crippen LogP contribution in [0.1, 0.15) is 24.6 Å². The van der Waals surface area contributed by atoms with E-state index in [1.54, 1.807) is 31.1 Å². The molecule has 0 fully saturated rings. The number of hydrogen-bond donors (Lipinski definition) is 1. The van der Waals surface area contributed by atoms with Crippen molar-refractivity contribution in [3.8, 4) is 11.5 Å². The molecule has 3 rings (SSSR count). The molecule has 1 N–H and O–H groups in total. The van der Waals surface area contributed by atoms with Crippen molar-refractivity contribution in [3.05, 3.63) is 39.8 Å². The van der Waals surface area contributed by atoms with E-state index >= 15 is 0 Å². The van der Waals surface area contributed by atoms with Gasteiger partial charge in [0, 0.05) is 23.7 Å². The van der Waals surface area contributed by atoms with Gasteiger partial charge in [-0.15, -0.1) is 0 Å². The maximum absolute atomic E-state index is 12.9. The molecule has 0 spiro atoms. The summed E-state index contributed by atoms with van der Waals surface area (Å²) >= 11 is 1.38. The second kappa shape index (κ2) is 8.04. The third-order valence-electron chi connectivity index (χ3n) is 4.51. The first-order valence-electron chi connectivity index (χ1n) is 8.71. The van der Waals surface area contributed by atoms with E-state index in [1.807, 2.05) is 19.2 Å². The normalized spacial score (nSPS) is 15.9. The molecule has 144 valence electrons. The molecule has 0 bridgehead atoms. The standard InChI is InChI=1S/C19H23N3O4S/c1-11-10-22(15-9-13(25-3)5-7-16(15)26-11)17(23)8-6-14-12(2)20-19(27-4)21-18(14)24/h5,7,9,11H,6,8,10H2,1-4H3,(H,20,21,24)/t11-/m1/s1. The largest absolute Gasteiger partial charge is 0.497 e. The lowest BCUT2D eigenvalue weighted by molar-refractivity contribution is -0.119. The maximum atomic E-state index is 12.9. The third-order valence-corrected chi connectivity index (χ3v) is 5.09. The van der Waals surface area contributed by atoms with Gasteiger partial charge in [-0.05, 0) is 38.7 Å². The second-order valence-corrected chi connectivity index (χ2v) is 7.20. The van der Waals surface area contributed by atoms with Gasteiger partial charge in [-0.1, -0.05) is 11.8 Å². The van der Waals surface area contributed by atoms with Crippen molar-refractivity contribution in [1.82, 2.24) is 9.97 Å².